The Kier molecular flexibility index (Phi) is 15.9. The highest BCUT2D eigenvalue weighted by Gasteiger charge is 2.46. The van der Waals surface area contributed by atoms with Gasteiger partial charge in [0, 0.05) is 39.3 Å². The van der Waals surface area contributed by atoms with Gasteiger partial charge in [-0.25, -0.2) is 31.1 Å². The van der Waals surface area contributed by atoms with Gasteiger partial charge in [-0.15, -0.1) is 5.10 Å². The Balaban J connectivity index is 1.31. The molecule has 2 fully saturated rings. The number of benzene rings is 5. The molecule has 8 rings (SSSR count). The minimum absolute atomic E-state index is 0.00660. The van der Waals surface area contributed by atoms with Crippen molar-refractivity contribution in [1.82, 2.24) is 34.3 Å². The van der Waals surface area contributed by atoms with Gasteiger partial charge in [0.15, 0.2) is 15.7 Å². The number of hydrogen-bond donors (Lipinski definition) is 0. The molecule has 6 aromatic rings. The van der Waals surface area contributed by atoms with Gasteiger partial charge in [-0.05, 0) is 147 Å². The Morgan fingerprint density at radius 1 is 0.627 bits per heavy atom. The number of piperidine rings is 1. The molecule has 0 aliphatic carbocycles. The SMILES string of the molecule is COc1ccc(CN(Cc2ccc(OC)cc2)S(=O)(=O)c2c(S(=O)(=O)C3CN(C(=O)OC(C)(C)C)C3)ccc(-c3ccc(C4CCN(C(=O)OC(C)(C)C)CC4)cc3)c2-c2nnnn2Cc2ccc(OC)cc2)cc1. The van der Waals surface area contributed by atoms with Crippen LogP contribution in [0.25, 0.3) is 22.5 Å². The lowest BCUT2D eigenvalue weighted by atomic mass is 9.88. The topological polar surface area (TPSA) is 202 Å². The van der Waals surface area contributed by atoms with Crippen LogP contribution in [0.5, 0.6) is 17.2 Å². The molecular weight excluding hydrogens is 999 g/mol. The first kappa shape index (κ1) is 54.2. The van der Waals surface area contributed by atoms with Gasteiger partial charge in [0.25, 0.3) is 0 Å². The van der Waals surface area contributed by atoms with Crippen molar-refractivity contribution < 1.29 is 50.1 Å². The molecule has 20 heteroatoms. The lowest BCUT2D eigenvalue weighted by Gasteiger charge is -2.39. The summed E-state index contributed by atoms with van der Waals surface area (Å²) >= 11 is 0. The molecule has 398 valence electrons. The van der Waals surface area contributed by atoms with Crippen LogP contribution in [-0.4, -0.2) is 127 Å². The number of sulfonamides is 1. The van der Waals surface area contributed by atoms with Crippen LogP contribution in [0.2, 0.25) is 0 Å². The molecule has 2 aliphatic rings. The number of carbonyl (C=O) groups excluding carboxylic acids is 2. The molecule has 2 aliphatic heterocycles. The lowest BCUT2D eigenvalue weighted by molar-refractivity contribution is 0.0137. The number of ether oxygens (including phenoxy) is 5. The maximum Gasteiger partial charge on any atom is 0.410 e. The molecule has 1 aromatic heterocycles. The fourth-order valence-corrected chi connectivity index (χ4v) is 13.1. The average Bonchev–Trinajstić information content (AvgIpc) is 3.82. The summed E-state index contributed by atoms with van der Waals surface area (Å²) < 4.78 is 93.6. The van der Waals surface area contributed by atoms with Gasteiger partial charge in [-0.2, -0.15) is 4.31 Å². The number of nitrogens with zero attached hydrogens (tertiary/aromatic N) is 7. The predicted molar refractivity (Wildman–Crippen MR) is 282 cm³/mol. The molecule has 0 radical (unpaired) electrons. The highest BCUT2D eigenvalue weighted by Crippen LogP contribution is 2.44. The van der Waals surface area contributed by atoms with E-state index in [2.05, 4.69) is 15.5 Å². The maximum atomic E-state index is 16.4. The van der Waals surface area contributed by atoms with E-state index in [9.17, 15) is 9.59 Å². The molecule has 5 aromatic carbocycles. The fourth-order valence-electron chi connectivity index (χ4n) is 9.07. The first-order valence-corrected chi connectivity index (χ1v) is 27.7. The third-order valence-electron chi connectivity index (χ3n) is 13.1. The van der Waals surface area contributed by atoms with Gasteiger partial charge in [0.2, 0.25) is 10.0 Å². The van der Waals surface area contributed by atoms with Crippen LogP contribution in [0.4, 0.5) is 9.59 Å². The number of rotatable bonds is 16. The van der Waals surface area contributed by atoms with Gasteiger partial charge >= 0.3 is 12.2 Å². The average molecular weight is 1060 g/mol. The van der Waals surface area contributed by atoms with E-state index in [1.165, 1.54) is 34.2 Å². The lowest BCUT2D eigenvalue weighted by Crippen LogP contribution is -2.57. The van der Waals surface area contributed by atoms with E-state index >= 15 is 16.8 Å². The standard InChI is InChI=1S/C55H65N7O11S2/c1-54(2,3)72-52(63)59-30-28-41(29-31-59)40-16-18-42(19-17-40)47-26-27-48(74(65,66)46-35-60(36-46)53(64)73-55(4,5)6)50(49(47)51-56-57-58-62(51)34-39-14-24-45(71-9)25-15-39)75(67,68)61(32-37-10-20-43(69-7)21-11-37)33-38-12-22-44(70-8)23-13-38/h10-27,41,46H,28-36H2,1-9H3. The Morgan fingerprint density at radius 2 is 1.11 bits per heavy atom. The van der Waals surface area contributed by atoms with Crippen molar-refractivity contribution in [2.24, 2.45) is 0 Å². The summed E-state index contributed by atoms with van der Waals surface area (Å²) in [5.41, 5.74) is 2.39. The fraction of sp³-hybridized carbons (Fsp3) is 0.400. The van der Waals surface area contributed by atoms with Crippen molar-refractivity contribution in [1.29, 1.82) is 0 Å². The van der Waals surface area contributed by atoms with Gasteiger partial charge in [-0.3, -0.25) is 0 Å². The number of hydrogen-bond acceptors (Lipinski definition) is 14. The highest BCUT2D eigenvalue weighted by molar-refractivity contribution is 7.94. The third kappa shape index (κ3) is 12.6. The molecule has 0 saturated carbocycles. The van der Waals surface area contributed by atoms with Crippen molar-refractivity contribution in [3.05, 3.63) is 131 Å². The first-order chi connectivity index (χ1) is 35.6. The van der Waals surface area contributed by atoms with Crippen LogP contribution in [0.3, 0.4) is 0 Å². The second kappa shape index (κ2) is 22.0. The minimum atomic E-state index is -4.93. The molecule has 3 heterocycles. The Morgan fingerprint density at radius 3 is 1.59 bits per heavy atom. The first-order valence-electron chi connectivity index (χ1n) is 24.7. The molecular formula is C55H65N7O11S2. The second-order valence-electron chi connectivity index (χ2n) is 20.7. The normalized spacial score (nSPS) is 14.9. The molecule has 0 spiro atoms. The zero-order valence-electron chi connectivity index (χ0n) is 43.8. The van der Waals surface area contributed by atoms with Crippen molar-refractivity contribution >= 4 is 32.0 Å². The monoisotopic (exact) mass is 1060 g/mol. The summed E-state index contributed by atoms with van der Waals surface area (Å²) in [7, 11) is -4.87. The van der Waals surface area contributed by atoms with Crippen LogP contribution in [0.1, 0.15) is 82.6 Å². The second-order valence-corrected chi connectivity index (χ2v) is 24.8. The number of aromatic nitrogens is 4. The van der Waals surface area contributed by atoms with E-state index in [0.717, 1.165) is 11.1 Å². The Bertz CT molecular complexity index is 3150. The van der Waals surface area contributed by atoms with Gasteiger partial charge in [0.1, 0.15) is 38.6 Å². The van der Waals surface area contributed by atoms with Crippen LogP contribution >= 0.6 is 0 Å². The quantitative estimate of drug-likeness (QED) is 0.0889. The summed E-state index contributed by atoms with van der Waals surface area (Å²) in [5, 5.41) is 11.8. The van der Waals surface area contributed by atoms with E-state index in [-0.39, 0.29) is 56.1 Å². The number of sulfone groups is 1. The predicted octanol–water partition coefficient (Wildman–Crippen LogP) is 8.98. The molecule has 75 heavy (non-hydrogen) atoms. The van der Waals surface area contributed by atoms with E-state index in [0.29, 0.717) is 65.4 Å². The van der Waals surface area contributed by atoms with Crippen molar-refractivity contribution in [2.45, 2.75) is 106 Å². The molecule has 2 amide bonds. The molecule has 18 nitrogen and oxygen atoms in total. The zero-order valence-corrected chi connectivity index (χ0v) is 45.5. The van der Waals surface area contributed by atoms with Crippen LogP contribution in [0.15, 0.2) is 119 Å². The molecule has 0 atom stereocenters. The van der Waals surface area contributed by atoms with Crippen LogP contribution in [0, 0.1) is 0 Å². The van der Waals surface area contributed by atoms with Gasteiger partial charge in [-0.1, -0.05) is 66.7 Å². The van der Waals surface area contributed by atoms with Crippen molar-refractivity contribution in [2.75, 3.05) is 47.5 Å². The third-order valence-corrected chi connectivity index (χ3v) is 17.2. The van der Waals surface area contributed by atoms with E-state index in [1.54, 1.807) is 99.5 Å². The molecule has 0 bridgehead atoms. The van der Waals surface area contributed by atoms with E-state index < -0.39 is 52.2 Å². The largest absolute Gasteiger partial charge is 0.497 e. The Labute approximate surface area is 439 Å². The Hall–Kier alpha value is -7.03. The summed E-state index contributed by atoms with van der Waals surface area (Å²) in [6.45, 7) is 10.9. The van der Waals surface area contributed by atoms with Crippen LogP contribution < -0.4 is 14.2 Å². The zero-order chi connectivity index (χ0) is 53.9. The molecule has 0 unspecified atom stereocenters. The van der Waals surface area contributed by atoms with Gasteiger partial charge < -0.3 is 33.5 Å². The summed E-state index contributed by atoms with van der Waals surface area (Å²) in [5.74, 6) is 1.86. The summed E-state index contributed by atoms with van der Waals surface area (Å²) in [6, 6.07) is 31.8. The van der Waals surface area contributed by atoms with Crippen molar-refractivity contribution in [3.8, 4) is 39.8 Å². The van der Waals surface area contributed by atoms with E-state index in [1.807, 2.05) is 57.2 Å². The number of methoxy groups -OCH3 is 3. The molecule has 0 N–H and O–H groups in total. The summed E-state index contributed by atoms with van der Waals surface area (Å²) in [4.78, 5) is 28.1. The number of likely N-dealkylation sites (tertiary alicyclic amines) is 2. The van der Waals surface area contributed by atoms with E-state index in [4.69, 9.17) is 23.7 Å². The smallest absolute Gasteiger partial charge is 0.410 e. The maximum absolute atomic E-state index is 16.4. The van der Waals surface area contributed by atoms with Gasteiger partial charge in [0.05, 0.1) is 38.3 Å². The highest BCUT2D eigenvalue weighted by atomic mass is 32.2. The minimum Gasteiger partial charge on any atom is -0.497 e. The number of tetrazole rings is 1. The van der Waals surface area contributed by atoms with Crippen molar-refractivity contribution in [3.63, 3.8) is 0 Å². The van der Waals surface area contributed by atoms with Crippen LogP contribution in [-0.2, 0) is 49.0 Å². The summed E-state index contributed by atoms with van der Waals surface area (Å²) in [6.07, 6.45) is 0.365. The number of carbonyl (C=O) groups is 2. The number of amides is 2. The molecule has 2 saturated heterocycles.